The zero-order chi connectivity index (χ0) is 8.43. The molecule has 0 aliphatic heterocycles. The van der Waals surface area contributed by atoms with Crippen LogP contribution in [0.15, 0.2) is 6.07 Å². The van der Waals surface area contributed by atoms with E-state index in [0.29, 0.717) is 0 Å². The molecule has 1 unspecified atom stereocenters. The fourth-order valence-electron chi connectivity index (χ4n) is 1.03. The maximum absolute atomic E-state index is 5.72. The number of nitrogens with two attached hydrogens (primary N) is 1. The lowest BCUT2D eigenvalue weighted by Gasteiger charge is -2.07. The van der Waals surface area contributed by atoms with E-state index in [0.717, 1.165) is 17.0 Å². The minimum atomic E-state index is 0.0456. The zero-order valence-corrected chi connectivity index (χ0v) is 7.13. The first-order chi connectivity index (χ1) is 5.11. The molecule has 0 aliphatic rings. The summed E-state index contributed by atoms with van der Waals surface area (Å²) in [5, 5.41) is 7.89. The minimum absolute atomic E-state index is 0.0456. The Morgan fingerprint density at radius 1 is 1.36 bits per heavy atom. The van der Waals surface area contributed by atoms with Crippen molar-refractivity contribution in [3.8, 4) is 0 Å². The van der Waals surface area contributed by atoms with E-state index in [4.69, 9.17) is 5.73 Å². The second-order valence-electron chi connectivity index (χ2n) is 2.82. The molecule has 11 heavy (non-hydrogen) atoms. The third-order valence-corrected chi connectivity index (χ3v) is 1.63. The largest absolute Gasteiger partial charge is 0.324 e. The summed E-state index contributed by atoms with van der Waals surface area (Å²) in [6.07, 6.45) is 0. The van der Waals surface area contributed by atoms with Crippen LogP contribution in [0.5, 0.6) is 0 Å². The Morgan fingerprint density at radius 3 is 2.45 bits per heavy atom. The molecule has 3 nitrogen and oxygen atoms in total. The van der Waals surface area contributed by atoms with Crippen LogP contribution in [0.2, 0.25) is 0 Å². The highest BCUT2D eigenvalue weighted by atomic mass is 15.1. The quantitative estimate of drug-likeness (QED) is 0.654. The van der Waals surface area contributed by atoms with E-state index in [1.165, 1.54) is 0 Å². The third-order valence-electron chi connectivity index (χ3n) is 1.63. The van der Waals surface area contributed by atoms with Crippen molar-refractivity contribution >= 4 is 0 Å². The standard InChI is InChI=1S/C8H13N3/c1-5-4-8(6(2)9)7(3)11-10-5/h4,6H,9H2,1-3H3. The maximum Gasteiger partial charge on any atom is 0.0647 e. The van der Waals surface area contributed by atoms with E-state index in [1.807, 2.05) is 26.8 Å². The van der Waals surface area contributed by atoms with Crippen molar-refractivity contribution < 1.29 is 0 Å². The maximum atomic E-state index is 5.72. The van der Waals surface area contributed by atoms with Crippen LogP contribution in [0, 0.1) is 13.8 Å². The molecule has 0 spiro atoms. The van der Waals surface area contributed by atoms with E-state index >= 15 is 0 Å². The van der Waals surface area contributed by atoms with Gasteiger partial charge in [-0.3, -0.25) is 0 Å². The van der Waals surface area contributed by atoms with Gasteiger partial charge in [0.1, 0.15) is 0 Å². The van der Waals surface area contributed by atoms with Crippen LogP contribution in [-0.4, -0.2) is 10.2 Å². The average Bonchev–Trinajstić information content (AvgIpc) is 1.94. The predicted molar refractivity (Wildman–Crippen MR) is 44.1 cm³/mol. The smallest absolute Gasteiger partial charge is 0.0647 e. The van der Waals surface area contributed by atoms with Gasteiger partial charge in [0.25, 0.3) is 0 Å². The third kappa shape index (κ3) is 1.74. The van der Waals surface area contributed by atoms with Gasteiger partial charge in [0.2, 0.25) is 0 Å². The van der Waals surface area contributed by atoms with E-state index in [-0.39, 0.29) is 6.04 Å². The summed E-state index contributed by atoms with van der Waals surface area (Å²) in [7, 11) is 0. The van der Waals surface area contributed by atoms with E-state index < -0.39 is 0 Å². The van der Waals surface area contributed by atoms with Crippen LogP contribution < -0.4 is 5.73 Å². The molecule has 0 amide bonds. The monoisotopic (exact) mass is 151 g/mol. The summed E-state index contributed by atoms with van der Waals surface area (Å²) in [6.45, 7) is 5.78. The van der Waals surface area contributed by atoms with Gasteiger partial charge in [0.05, 0.1) is 11.4 Å². The highest BCUT2D eigenvalue weighted by Gasteiger charge is 2.04. The van der Waals surface area contributed by atoms with Gasteiger partial charge in [0, 0.05) is 6.04 Å². The summed E-state index contributed by atoms with van der Waals surface area (Å²) in [5.74, 6) is 0. The highest BCUT2D eigenvalue weighted by molar-refractivity contribution is 5.22. The Balaban J connectivity index is 3.13. The molecule has 0 bridgehead atoms. The van der Waals surface area contributed by atoms with Crippen LogP contribution >= 0.6 is 0 Å². The Morgan fingerprint density at radius 2 is 2.00 bits per heavy atom. The summed E-state index contributed by atoms with van der Waals surface area (Å²) in [5.41, 5.74) is 8.64. The number of aryl methyl sites for hydroxylation is 2. The van der Waals surface area contributed by atoms with Crippen molar-refractivity contribution in [2.45, 2.75) is 26.8 Å². The Bertz CT molecular complexity index is 256. The van der Waals surface area contributed by atoms with Gasteiger partial charge in [-0.25, -0.2) is 0 Å². The Kier molecular flexibility index (Phi) is 2.19. The van der Waals surface area contributed by atoms with E-state index in [1.54, 1.807) is 0 Å². The fraction of sp³-hybridized carbons (Fsp3) is 0.500. The predicted octanol–water partition coefficient (Wildman–Crippen LogP) is 1.11. The molecular weight excluding hydrogens is 138 g/mol. The molecule has 1 rings (SSSR count). The SMILES string of the molecule is Cc1cc(C(C)N)c(C)nn1. The van der Waals surface area contributed by atoms with Crippen LogP contribution in [0.4, 0.5) is 0 Å². The molecule has 3 heteroatoms. The molecule has 0 fully saturated rings. The van der Waals surface area contributed by atoms with Crippen molar-refractivity contribution in [3.63, 3.8) is 0 Å². The van der Waals surface area contributed by atoms with Crippen molar-refractivity contribution in [1.82, 2.24) is 10.2 Å². The molecule has 2 N–H and O–H groups in total. The molecule has 1 aromatic heterocycles. The number of aromatic nitrogens is 2. The van der Waals surface area contributed by atoms with E-state index in [9.17, 15) is 0 Å². The van der Waals surface area contributed by atoms with Crippen LogP contribution in [0.25, 0.3) is 0 Å². The van der Waals surface area contributed by atoms with Crippen molar-refractivity contribution in [2.24, 2.45) is 5.73 Å². The Labute approximate surface area is 66.6 Å². The molecule has 1 atom stereocenters. The summed E-state index contributed by atoms with van der Waals surface area (Å²) >= 11 is 0. The highest BCUT2D eigenvalue weighted by Crippen LogP contribution is 2.12. The lowest BCUT2D eigenvalue weighted by molar-refractivity contribution is 0.776. The van der Waals surface area contributed by atoms with Gasteiger partial charge >= 0.3 is 0 Å². The van der Waals surface area contributed by atoms with Crippen LogP contribution in [-0.2, 0) is 0 Å². The van der Waals surface area contributed by atoms with Crippen molar-refractivity contribution in [1.29, 1.82) is 0 Å². The van der Waals surface area contributed by atoms with E-state index in [2.05, 4.69) is 10.2 Å². The Hall–Kier alpha value is -0.960. The van der Waals surface area contributed by atoms with Gasteiger partial charge in [0.15, 0.2) is 0 Å². The van der Waals surface area contributed by atoms with Crippen molar-refractivity contribution in [3.05, 3.63) is 23.0 Å². The number of nitrogens with zero attached hydrogens (tertiary/aromatic N) is 2. The molecule has 1 aromatic rings. The summed E-state index contributed by atoms with van der Waals surface area (Å²) in [4.78, 5) is 0. The molecule has 0 radical (unpaired) electrons. The molecular formula is C8H13N3. The number of hydrogen-bond donors (Lipinski definition) is 1. The lowest BCUT2D eigenvalue weighted by Crippen LogP contribution is -2.09. The molecule has 0 aliphatic carbocycles. The fourth-order valence-corrected chi connectivity index (χ4v) is 1.03. The second kappa shape index (κ2) is 2.96. The molecule has 0 aromatic carbocycles. The van der Waals surface area contributed by atoms with Gasteiger partial charge in [-0.05, 0) is 32.4 Å². The second-order valence-corrected chi connectivity index (χ2v) is 2.82. The molecule has 60 valence electrons. The van der Waals surface area contributed by atoms with Crippen LogP contribution in [0.3, 0.4) is 0 Å². The van der Waals surface area contributed by atoms with Crippen LogP contribution in [0.1, 0.15) is 29.9 Å². The number of rotatable bonds is 1. The van der Waals surface area contributed by atoms with Crippen molar-refractivity contribution in [2.75, 3.05) is 0 Å². The summed E-state index contributed by atoms with van der Waals surface area (Å²) in [6, 6.07) is 2.02. The van der Waals surface area contributed by atoms with Gasteiger partial charge in [-0.1, -0.05) is 0 Å². The first kappa shape index (κ1) is 8.14. The first-order valence-corrected chi connectivity index (χ1v) is 3.67. The van der Waals surface area contributed by atoms with Gasteiger partial charge in [-0.15, -0.1) is 0 Å². The minimum Gasteiger partial charge on any atom is -0.324 e. The number of hydrogen-bond acceptors (Lipinski definition) is 3. The molecule has 0 saturated carbocycles. The molecule has 0 saturated heterocycles. The normalized spacial score (nSPS) is 13.1. The van der Waals surface area contributed by atoms with Gasteiger partial charge < -0.3 is 5.73 Å². The zero-order valence-electron chi connectivity index (χ0n) is 7.13. The lowest BCUT2D eigenvalue weighted by atomic mass is 10.1. The van der Waals surface area contributed by atoms with Gasteiger partial charge in [-0.2, -0.15) is 10.2 Å². The average molecular weight is 151 g/mol. The summed E-state index contributed by atoms with van der Waals surface area (Å²) < 4.78 is 0. The topological polar surface area (TPSA) is 51.8 Å². The molecule has 1 heterocycles. The first-order valence-electron chi connectivity index (χ1n) is 3.67.